The summed E-state index contributed by atoms with van der Waals surface area (Å²) in [6, 6.07) is 29.5. The van der Waals surface area contributed by atoms with E-state index in [2.05, 4.69) is 10.5 Å². The summed E-state index contributed by atoms with van der Waals surface area (Å²) in [6.07, 6.45) is 1.63. The summed E-state index contributed by atoms with van der Waals surface area (Å²) >= 11 is 0. The first-order chi connectivity index (χ1) is 20.0. The van der Waals surface area contributed by atoms with Gasteiger partial charge in [0.05, 0.1) is 35.6 Å². The minimum absolute atomic E-state index is 0.280. The molecule has 4 aliphatic rings. The van der Waals surface area contributed by atoms with Gasteiger partial charge in [0.1, 0.15) is 5.75 Å². The van der Waals surface area contributed by atoms with Crippen LogP contribution in [0.1, 0.15) is 38.5 Å². The highest BCUT2D eigenvalue weighted by Gasteiger charge is 2.68. The van der Waals surface area contributed by atoms with Crippen molar-refractivity contribution >= 4 is 35.3 Å². The van der Waals surface area contributed by atoms with Crippen LogP contribution in [0.4, 0.5) is 11.4 Å². The molecule has 1 fully saturated rings. The number of carbonyl (C=O) groups is 3. The van der Waals surface area contributed by atoms with Gasteiger partial charge in [-0.15, -0.1) is 0 Å². The van der Waals surface area contributed by atoms with E-state index in [4.69, 9.17) is 10.5 Å². The average Bonchev–Trinajstić information content (AvgIpc) is 3.27. The number of hydrazone groups is 1. The molecule has 3 amide bonds. The van der Waals surface area contributed by atoms with E-state index in [-0.39, 0.29) is 17.7 Å². The Hall–Kier alpha value is -5.24. The number of benzene rings is 4. The molecule has 2 bridgehead atoms. The Bertz CT molecular complexity index is 1730. The minimum atomic E-state index is -1.11. The predicted molar refractivity (Wildman–Crippen MR) is 155 cm³/mol. The summed E-state index contributed by atoms with van der Waals surface area (Å²) in [7, 11) is 1.52. The third kappa shape index (κ3) is 3.34. The lowest BCUT2D eigenvalue weighted by Crippen LogP contribution is -2.54. The molecule has 2 atom stereocenters. The van der Waals surface area contributed by atoms with Gasteiger partial charge in [-0.25, -0.2) is 10.3 Å². The maximum atomic E-state index is 14.5. The van der Waals surface area contributed by atoms with E-state index >= 15 is 0 Å². The van der Waals surface area contributed by atoms with E-state index in [0.717, 1.165) is 22.3 Å². The monoisotopic (exact) mass is 542 g/mol. The van der Waals surface area contributed by atoms with Crippen LogP contribution < -0.4 is 20.8 Å². The van der Waals surface area contributed by atoms with Crippen LogP contribution in [0.15, 0.2) is 102 Å². The molecular formula is C33H26N4O4. The highest BCUT2D eigenvalue weighted by molar-refractivity contribution is 6.25. The second kappa shape index (κ2) is 9.16. The molecule has 3 N–H and O–H groups in total. The van der Waals surface area contributed by atoms with Gasteiger partial charge in [0.25, 0.3) is 5.91 Å². The zero-order valence-corrected chi connectivity index (χ0v) is 22.2. The molecule has 0 radical (unpaired) electrons. The number of nitrogen functional groups attached to an aromatic ring is 1. The van der Waals surface area contributed by atoms with Crippen LogP contribution >= 0.6 is 0 Å². The molecule has 0 spiro atoms. The normalized spacial score (nSPS) is 23.7. The van der Waals surface area contributed by atoms with Crippen LogP contribution in [0.2, 0.25) is 0 Å². The maximum Gasteiger partial charge on any atom is 0.273 e. The van der Waals surface area contributed by atoms with Gasteiger partial charge in [0.2, 0.25) is 11.8 Å². The Morgan fingerprint density at radius 1 is 0.878 bits per heavy atom. The molecule has 41 heavy (non-hydrogen) atoms. The number of hydrogen-bond donors (Lipinski definition) is 2. The second-order valence-corrected chi connectivity index (χ2v) is 10.5. The Morgan fingerprint density at radius 3 is 2.17 bits per heavy atom. The van der Waals surface area contributed by atoms with Crippen molar-refractivity contribution in [2.45, 2.75) is 11.3 Å². The van der Waals surface area contributed by atoms with Crippen LogP contribution in [-0.4, -0.2) is 31.0 Å². The molecule has 3 aliphatic carbocycles. The van der Waals surface area contributed by atoms with Gasteiger partial charge in [-0.1, -0.05) is 72.8 Å². The number of anilines is 2. The number of nitrogens with zero attached hydrogens (tertiary/aromatic N) is 2. The molecule has 1 saturated heterocycles. The van der Waals surface area contributed by atoms with Gasteiger partial charge < -0.3 is 10.5 Å². The Morgan fingerprint density at radius 2 is 1.49 bits per heavy atom. The van der Waals surface area contributed by atoms with Crippen molar-refractivity contribution in [2.75, 3.05) is 17.7 Å². The van der Waals surface area contributed by atoms with Crippen molar-refractivity contribution in [2.24, 2.45) is 16.9 Å². The number of imide groups is 1. The fourth-order valence-electron chi connectivity index (χ4n) is 7.06. The number of amides is 3. The fraction of sp³-hybridized carbons (Fsp3) is 0.152. The van der Waals surface area contributed by atoms with E-state index in [9.17, 15) is 14.4 Å². The molecule has 0 unspecified atom stereocenters. The number of hydrogen-bond acceptors (Lipinski definition) is 6. The van der Waals surface area contributed by atoms with Crippen LogP contribution in [0, 0.1) is 11.8 Å². The average molecular weight is 543 g/mol. The molecule has 8 heteroatoms. The molecular weight excluding hydrogens is 516 g/mol. The number of para-hydroxylation sites is 3. The van der Waals surface area contributed by atoms with Crippen molar-refractivity contribution in [3.63, 3.8) is 0 Å². The third-order valence-corrected chi connectivity index (χ3v) is 8.65. The summed E-state index contributed by atoms with van der Waals surface area (Å²) in [5, 5.41) is 4.44. The standard InChI is InChI=1S/C33H26N4O4/c1-41-26-17-9-8-16-25(26)37-31(39)28-27-19-10-2-5-13-22(19)33(29(28)32(37)40,23-14-6-3-11-20(23)27)18-35-36-30(38)21-12-4-7-15-24(21)34/h2-18,27-29H,34H2,1H3,(H,36,38)/b35-18-/t27?,28-,29-,33?/m0/s1. The highest BCUT2D eigenvalue weighted by Crippen LogP contribution is 2.63. The molecule has 202 valence electrons. The highest BCUT2D eigenvalue weighted by atomic mass is 16.5. The molecule has 1 aliphatic heterocycles. The number of methoxy groups -OCH3 is 1. The summed E-state index contributed by atoms with van der Waals surface area (Å²) in [5.74, 6) is -2.40. The van der Waals surface area contributed by atoms with Crippen molar-refractivity contribution in [1.29, 1.82) is 0 Å². The van der Waals surface area contributed by atoms with Crippen molar-refractivity contribution in [3.8, 4) is 5.75 Å². The number of ether oxygens (including phenoxy) is 1. The van der Waals surface area contributed by atoms with Crippen LogP contribution in [-0.2, 0) is 15.0 Å². The molecule has 1 heterocycles. The van der Waals surface area contributed by atoms with E-state index in [0.29, 0.717) is 22.7 Å². The van der Waals surface area contributed by atoms with Crippen LogP contribution in [0.25, 0.3) is 0 Å². The van der Waals surface area contributed by atoms with E-state index in [1.165, 1.54) is 12.0 Å². The maximum absolute atomic E-state index is 14.5. The smallest absolute Gasteiger partial charge is 0.273 e. The lowest BCUT2D eigenvalue weighted by Gasteiger charge is -2.52. The van der Waals surface area contributed by atoms with E-state index in [1.807, 2.05) is 48.5 Å². The molecule has 4 aromatic rings. The van der Waals surface area contributed by atoms with Gasteiger partial charge in [-0.05, 0) is 46.5 Å². The number of nitrogens with two attached hydrogens (primary N) is 1. The zero-order valence-electron chi connectivity index (χ0n) is 22.2. The molecule has 8 nitrogen and oxygen atoms in total. The molecule has 4 aromatic carbocycles. The summed E-state index contributed by atoms with van der Waals surface area (Å²) < 4.78 is 5.54. The summed E-state index contributed by atoms with van der Waals surface area (Å²) in [5.41, 5.74) is 12.3. The number of nitrogens with one attached hydrogen (secondary N) is 1. The van der Waals surface area contributed by atoms with Crippen molar-refractivity contribution < 1.29 is 19.1 Å². The number of rotatable bonds is 5. The third-order valence-electron chi connectivity index (χ3n) is 8.65. The fourth-order valence-corrected chi connectivity index (χ4v) is 7.06. The van der Waals surface area contributed by atoms with Crippen molar-refractivity contribution in [3.05, 3.63) is 125 Å². The quantitative estimate of drug-likeness (QED) is 0.169. The SMILES string of the molecule is COc1ccccc1N1C(=O)[C@@H]2[C@@H](C1=O)C1c3ccccc3C2(/C=N\NC(=O)c2ccccc2N)c2ccccc21. The van der Waals surface area contributed by atoms with Crippen molar-refractivity contribution in [1.82, 2.24) is 5.43 Å². The molecule has 0 saturated carbocycles. The van der Waals surface area contributed by atoms with E-state index < -0.39 is 23.2 Å². The van der Waals surface area contributed by atoms with Gasteiger partial charge in [0.15, 0.2) is 0 Å². The van der Waals surface area contributed by atoms with Crippen LogP contribution in [0.3, 0.4) is 0 Å². The second-order valence-electron chi connectivity index (χ2n) is 10.5. The zero-order chi connectivity index (χ0) is 28.3. The Labute approximate surface area is 236 Å². The number of carbonyl (C=O) groups excluding carboxylic acids is 3. The lowest BCUT2D eigenvalue weighted by atomic mass is 9.47. The van der Waals surface area contributed by atoms with Gasteiger partial charge in [0, 0.05) is 17.8 Å². The summed E-state index contributed by atoms with van der Waals surface area (Å²) in [6.45, 7) is 0. The Balaban J connectivity index is 1.42. The minimum Gasteiger partial charge on any atom is -0.495 e. The largest absolute Gasteiger partial charge is 0.495 e. The first-order valence-corrected chi connectivity index (χ1v) is 13.4. The van der Waals surface area contributed by atoms with Gasteiger partial charge in [-0.2, -0.15) is 5.10 Å². The Kier molecular flexibility index (Phi) is 5.54. The van der Waals surface area contributed by atoms with Crippen LogP contribution in [0.5, 0.6) is 5.75 Å². The molecule has 0 aromatic heterocycles. The summed E-state index contributed by atoms with van der Waals surface area (Å²) in [4.78, 5) is 43.1. The first kappa shape index (κ1) is 24.8. The van der Waals surface area contributed by atoms with Gasteiger partial charge in [-0.3, -0.25) is 14.4 Å². The van der Waals surface area contributed by atoms with E-state index in [1.54, 1.807) is 54.7 Å². The van der Waals surface area contributed by atoms with Gasteiger partial charge >= 0.3 is 0 Å². The topological polar surface area (TPSA) is 114 Å². The lowest BCUT2D eigenvalue weighted by molar-refractivity contribution is -0.122. The predicted octanol–water partition coefficient (Wildman–Crippen LogP) is 4.24. The molecule has 8 rings (SSSR count). The first-order valence-electron chi connectivity index (χ1n) is 13.4.